The molecule has 3 nitrogen and oxygen atoms in total. The molecule has 1 heterocycles. The van der Waals surface area contributed by atoms with Crippen molar-refractivity contribution < 1.29 is 9.18 Å². The van der Waals surface area contributed by atoms with E-state index in [0.717, 1.165) is 28.1 Å². The van der Waals surface area contributed by atoms with Gasteiger partial charge in [-0.15, -0.1) is 0 Å². The Bertz CT molecular complexity index is 1030. The van der Waals surface area contributed by atoms with Crippen LogP contribution in [0.3, 0.4) is 0 Å². The maximum Gasteiger partial charge on any atom is 0.300 e. The summed E-state index contributed by atoms with van der Waals surface area (Å²) in [6, 6.07) is 6.78. The summed E-state index contributed by atoms with van der Waals surface area (Å²) in [5, 5.41) is 4.72. The van der Waals surface area contributed by atoms with E-state index in [1.165, 1.54) is 6.07 Å². The van der Waals surface area contributed by atoms with E-state index >= 15 is 0 Å². The first-order chi connectivity index (χ1) is 12.6. The highest BCUT2D eigenvalue weighted by Gasteiger charge is 2.10. The molecular formula is C22H21FN2O. The van der Waals surface area contributed by atoms with Crippen LogP contribution in [0, 0.1) is 23.6 Å². The highest BCUT2D eigenvalue weighted by Crippen LogP contribution is 2.25. The van der Waals surface area contributed by atoms with Crippen LogP contribution in [-0.2, 0) is 4.79 Å². The molecule has 1 atom stereocenters. The Hall–Kier alpha value is -3.06. The second kappa shape index (κ2) is 7.88. The van der Waals surface area contributed by atoms with Gasteiger partial charge in [0.15, 0.2) is 0 Å². The number of anilines is 1. The fourth-order valence-corrected chi connectivity index (χ4v) is 2.89. The SMILES string of the molecule is CCC#CC(=O)Nc1cc(C2=CC(C)CC=c3[nH]ccc3=C2)ccc1F. The van der Waals surface area contributed by atoms with Crippen molar-refractivity contribution in [3.05, 3.63) is 58.5 Å². The molecule has 1 aromatic carbocycles. The van der Waals surface area contributed by atoms with Crippen LogP contribution in [0.15, 0.2) is 36.5 Å². The van der Waals surface area contributed by atoms with Gasteiger partial charge in [-0.3, -0.25) is 4.79 Å². The molecule has 1 amide bonds. The van der Waals surface area contributed by atoms with Gasteiger partial charge in [0.05, 0.1) is 5.69 Å². The van der Waals surface area contributed by atoms with Crippen molar-refractivity contribution in [2.45, 2.75) is 26.7 Å². The molecule has 3 rings (SSSR count). The van der Waals surface area contributed by atoms with Gasteiger partial charge in [-0.1, -0.05) is 38.0 Å². The Morgan fingerprint density at radius 3 is 3.04 bits per heavy atom. The van der Waals surface area contributed by atoms with E-state index in [-0.39, 0.29) is 5.69 Å². The summed E-state index contributed by atoms with van der Waals surface area (Å²) in [6.45, 7) is 4.00. The third kappa shape index (κ3) is 4.12. The molecule has 1 aromatic heterocycles. The summed E-state index contributed by atoms with van der Waals surface area (Å²) in [5.74, 6) is 4.49. The molecular weight excluding hydrogens is 327 g/mol. The zero-order chi connectivity index (χ0) is 18.5. The number of carbonyl (C=O) groups excluding carboxylic acids is 1. The van der Waals surface area contributed by atoms with E-state index < -0.39 is 11.7 Å². The highest BCUT2D eigenvalue weighted by atomic mass is 19.1. The fraction of sp³-hybridized carbons (Fsp3) is 0.227. The van der Waals surface area contributed by atoms with Crippen LogP contribution in [0.5, 0.6) is 0 Å². The second-order valence-electron chi connectivity index (χ2n) is 6.33. The van der Waals surface area contributed by atoms with Crippen molar-refractivity contribution in [3.63, 3.8) is 0 Å². The number of hydrogen-bond donors (Lipinski definition) is 2. The van der Waals surface area contributed by atoms with Crippen LogP contribution in [0.2, 0.25) is 0 Å². The normalized spacial score (nSPS) is 15.8. The van der Waals surface area contributed by atoms with Gasteiger partial charge in [0.1, 0.15) is 5.82 Å². The average Bonchev–Trinajstić information content (AvgIpc) is 3.04. The highest BCUT2D eigenvalue weighted by molar-refractivity contribution is 6.04. The number of aromatic nitrogens is 1. The van der Waals surface area contributed by atoms with Crippen molar-refractivity contribution in [1.29, 1.82) is 0 Å². The molecule has 0 spiro atoms. The molecule has 1 aliphatic carbocycles. The molecule has 0 fully saturated rings. The van der Waals surface area contributed by atoms with E-state index in [0.29, 0.717) is 12.3 Å². The van der Waals surface area contributed by atoms with Crippen LogP contribution in [0.1, 0.15) is 32.3 Å². The van der Waals surface area contributed by atoms with Gasteiger partial charge in [0.25, 0.3) is 5.91 Å². The number of fused-ring (bicyclic) bond motifs is 1. The number of hydrogen-bond acceptors (Lipinski definition) is 1. The average molecular weight is 348 g/mol. The van der Waals surface area contributed by atoms with Crippen LogP contribution in [0.4, 0.5) is 10.1 Å². The molecule has 0 radical (unpaired) electrons. The summed E-state index contributed by atoms with van der Waals surface area (Å²) in [6.07, 6.45) is 9.84. The number of aromatic amines is 1. The third-order valence-corrected chi connectivity index (χ3v) is 4.21. The minimum absolute atomic E-state index is 0.141. The maximum atomic E-state index is 14.1. The van der Waals surface area contributed by atoms with Crippen LogP contribution < -0.4 is 15.9 Å². The Balaban J connectivity index is 2.01. The zero-order valence-electron chi connectivity index (χ0n) is 14.9. The number of rotatable bonds is 2. The van der Waals surface area contributed by atoms with Crippen molar-refractivity contribution in [2.24, 2.45) is 5.92 Å². The quantitative estimate of drug-likeness (QED) is 0.805. The molecule has 0 aliphatic heterocycles. The lowest BCUT2D eigenvalue weighted by Crippen LogP contribution is -2.23. The molecule has 132 valence electrons. The van der Waals surface area contributed by atoms with Crippen LogP contribution in [-0.4, -0.2) is 10.9 Å². The minimum Gasteiger partial charge on any atom is -0.361 e. The monoisotopic (exact) mass is 348 g/mol. The molecule has 26 heavy (non-hydrogen) atoms. The molecule has 2 N–H and O–H groups in total. The lowest BCUT2D eigenvalue weighted by Gasteiger charge is -2.11. The van der Waals surface area contributed by atoms with Gasteiger partial charge < -0.3 is 10.3 Å². The number of halogens is 1. The summed E-state index contributed by atoms with van der Waals surface area (Å²) in [7, 11) is 0. The summed E-state index contributed by atoms with van der Waals surface area (Å²) in [5.41, 5.74) is 2.00. The molecule has 2 aromatic rings. The van der Waals surface area contributed by atoms with Gasteiger partial charge in [0, 0.05) is 18.0 Å². The summed E-state index contributed by atoms with van der Waals surface area (Å²) in [4.78, 5) is 15.0. The fourth-order valence-electron chi connectivity index (χ4n) is 2.89. The Morgan fingerprint density at radius 1 is 1.38 bits per heavy atom. The van der Waals surface area contributed by atoms with E-state index in [1.807, 2.05) is 19.2 Å². The molecule has 0 saturated heterocycles. The van der Waals surface area contributed by atoms with Gasteiger partial charge in [0.2, 0.25) is 0 Å². The standard InChI is InChI=1S/C22H21FN2O/c1-3-4-5-22(26)25-21-14-16(7-8-19(21)23)18-12-15(2)6-9-20-17(13-18)10-11-24-20/h7-15,24H,3,6H2,1-2H3,(H,25,26). The summed E-state index contributed by atoms with van der Waals surface area (Å²) >= 11 is 0. The van der Waals surface area contributed by atoms with Crippen LogP contribution in [0.25, 0.3) is 17.7 Å². The Labute approximate surface area is 152 Å². The van der Waals surface area contributed by atoms with Crippen molar-refractivity contribution in [3.8, 4) is 11.8 Å². The molecule has 4 heteroatoms. The predicted molar refractivity (Wildman–Crippen MR) is 104 cm³/mol. The molecule has 1 unspecified atom stereocenters. The number of carbonyl (C=O) groups is 1. The second-order valence-corrected chi connectivity index (χ2v) is 6.33. The van der Waals surface area contributed by atoms with E-state index in [2.05, 4.69) is 47.3 Å². The molecule has 1 aliphatic rings. The predicted octanol–water partition coefficient (Wildman–Crippen LogP) is 3.19. The van der Waals surface area contributed by atoms with Gasteiger partial charge >= 0.3 is 0 Å². The Kier molecular flexibility index (Phi) is 5.38. The lowest BCUT2D eigenvalue weighted by atomic mass is 9.96. The van der Waals surface area contributed by atoms with Gasteiger partial charge in [-0.05, 0) is 58.9 Å². The topological polar surface area (TPSA) is 44.9 Å². The number of nitrogens with one attached hydrogen (secondary N) is 2. The third-order valence-electron chi connectivity index (χ3n) is 4.21. The number of allylic oxidation sites excluding steroid dienone is 2. The molecule has 0 bridgehead atoms. The van der Waals surface area contributed by atoms with Crippen molar-refractivity contribution >= 4 is 29.3 Å². The smallest absolute Gasteiger partial charge is 0.300 e. The minimum atomic E-state index is -0.505. The van der Waals surface area contributed by atoms with E-state index in [9.17, 15) is 9.18 Å². The maximum absolute atomic E-state index is 14.1. The van der Waals surface area contributed by atoms with Gasteiger partial charge in [-0.25, -0.2) is 4.39 Å². The Morgan fingerprint density at radius 2 is 2.23 bits per heavy atom. The first kappa shape index (κ1) is 17.8. The zero-order valence-corrected chi connectivity index (χ0v) is 14.9. The first-order valence-corrected chi connectivity index (χ1v) is 8.73. The number of amides is 1. The lowest BCUT2D eigenvalue weighted by molar-refractivity contribution is -0.111. The van der Waals surface area contributed by atoms with Crippen molar-refractivity contribution in [1.82, 2.24) is 4.98 Å². The van der Waals surface area contributed by atoms with E-state index in [1.54, 1.807) is 12.1 Å². The largest absolute Gasteiger partial charge is 0.361 e. The van der Waals surface area contributed by atoms with E-state index in [4.69, 9.17) is 0 Å². The molecule has 0 saturated carbocycles. The van der Waals surface area contributed by atoms with Gasteiger partial charge in [-0.2, -0.15) is 0 Å². The van der Waals surface area contributed by atoms with Crippen molar-refractivity contribution in [2.75, 3.05) is 5.32 Å². The number of H-pyrrole nitrogens is 1. The summed E-state index contributed by atoms with van der Waals surface area (Å²) < 4.78 is 14.1. The number of benzene rings is 1. The first-order valence-electron chi connectivity index (χ1n) is 8.73. The van der Waals surface area contributed by atoms with Crippen LogP contribution >= 0.6 is 0 Å².